The van der Waals surface area contributed by atoms with Gasteiger partial charge in [-0.2, -0.15) is 13.2 Å². The number of hydrogen-bond donors (Lipinski definition) is 0. The lowest BCUT2D eigenvalue weighted by Gasteiger charge is -2.13. The van der Waals surface area contributed by atoms with Gasteiger partial charge in [0.1, 0.15) is 18.1 Å². The Balaban J connectivity index is 2.01. The molecule has 1 aromatic heterocycles. The predicted octanol–water partition coefficient (Wildman–Crippen LogP) is 4.63. The summed E-state index contributed by atoms with van der Waals surface area (Å²) in [5.74, 6) is 0.0596. The number of rotatable bonds is 5. The zero-order valence-electron chi connectivity index (χ0n) is 15.0. The Morgan fingerprint density at radius 2 is 1.75 bits per heavy atom. The van der Waals surface area contributed by atoms with Gasteiger partial charge in [0.05, 0.1) is 25.3 Å². The van der Waals surface area contributed by atoms with E-state index in [1.165, 1.54) is 19.2 Å². The lowest BCUT2D eigenvalue weighted by Crippen LogP contribution is -2.08. The monoisotopic (exact) mass is 391 g/mol. The molecule has 3 aromatic rings. The maximum Gasteiger partial charge on any atom is 0.416 e. The van der Waals surface area contributed by atoms with Gasteiger partial charge in [-0.05, 0) is 35.9 Å². The van der Waals surface area contributed by atoms with Gasteiger partial charge in [0, 0.05) is 11.5 Å². The highest BCUT2D eigenvalue weighted by molar-refractivity contribution is 5.94. The number of methoxy groups -OCH3 is 2. The van der Waals surface area contributed by atoms with E-state index in [-0.39, 0.29) is 29.0 Å². The first-order valence-corrected chi connectivity index (χ1v) is 8.18. The molecule has 3 rings (SSSR count). The van der Waals surface area contributed by atoms with Gasteiger partial charge in [-0.3, -0.25) is 0 Å². The number of benzene rings is 2. The fourth-order valence-corrected chi connectivity index (χ4v) is 2.58. The number of carbonyl (C=O) groups excluding carboxylic acids is 1. The third kappa shape index (κ3) is 4.16. The SMILES string of the molecule is COC(=O)c1cc(OCc2ccc(OC)cc2)c2cc(C(F)(F)F)ccc2n1. The molecule has 0 N–H and O–H groups in total. The van der Waals surface area contributed by atoms with Crippen LogP contribution in [-0.4, -0.2) is 25.2 Å². The first kappa shape index (κ1) is 19.5. The highest BCUT2D eigenvalue weighted by Gasteiger charge is 2.31. The molecule has 146 valence electrons. The molecule has 8 heteroatoms. The van der Waals surface area contributed by atoms with Gasteiger partial charge in [0.25, 0.3) is 0 Å². The van der Waals surface area contributed by atoms with E-state index in [9.17, 15) is 18.0 Å². The highest BCUT2D eigenvalue weighted by atomic mass is 19.4. The standard InChI is InChI=1S/C20H16F3NO4/c1-26-14-6-3-12(4-7-14)11-28-18-10-17(19(25)27-2)24-16-8-5-13(9-15(16)18)20(21,22)23/h3-10H,11H2,1-2H3. The fourth-order valence-electron chi connectivity index (χ4n) is 2.58. The van der Waals surface area contributed by atoms with Crippen molar-refractivity contribution in [3.8, 4) is 11.5 Å². The Morgan fingerprint density at radius 3 is 2.36 bits per heavy atom. The van der Waals surface area contributed by atoms with Crippen LogP contribution in [0.2, 0.25) is 0 Å². The molecule has 0 radical (unpaired) electrons. The van der Waals surface area contributed by atoms with Gasteiger partial charge < -0.3 is 14.2 Å². The van der Waals surface area contributed by atoms with Crippen molar-refractivity contribution in [1.82, 2.24) is 4.98 Å². The van der Waals surface area contributed by atoms with Crippen molar-refractivity contribution in [2.75, 3.05) is 14.2 Å². The Kier molecular flexibility index (Phi) is 5.39. The van der Waals surface area contributed by atoms with Crippen LogP contribution in [0.3, 0.4) is 0 Å². The summed E-state index contributed by atoms with van der Waals surface area (Å²) in [4.78, 5) is 15.9. The van der Waals surface area contributed by atoms with Gasteiger partial charge in [-0.1, -0.05) is 12.1 Å². The molecular weight excluding hydrogens is 375 g/mol. The summed E-state index contributed by atoms with van der Waals surface area (Å²) in [6, 6.07) is 11.4. The van der Waals surface area contributed by atoms with Gasteiger partial charge in [0.15, 0.2) is 5.69 Å². The van der Waals surface area contributed by atoms with Crippen LogP contribution in [0.5, 0.6) is 11.5 Å². The van der Waals surface area contributed by atoms with Crippen LogP contribution >= 0.6 is 0 Å². The van der Waals surface area contributed by atoms with Crippen molar-refractivity contribution in [1.29, 1.82) is 0 Å². The molecule has 0 aliphatic heterocycles. The molecule has 0 fully saturated rings. The molecule has 0 bridgehead atoms. The third-order valence-electron chi connectivity index (χ3n) is 4.05. The molecule has 0 saturated heterocycles. The molecule has 0 aliphatic rings. The van der Waals surface area contributed by atoms with Crippen molar-refractivity contribution in [3.63, 3.8) is 0 Å². The molecule has 0 atom stereocenters. The van der Waals surface area contributed by atoms with E-state index in [2.05, 4.69) is 9.72 Å². The van der Waals surface area contributed by atoms with E-state index in [1.807, 2.05) is 0 Å². The summed E-state index contributed by atoms with van der Waals surface area (Å²) in [6.45, 7) is 0.0833. The van der Waals surface area contributed by atoms with Crippen LogP contribution in [0.25, 0.3) is 10.9 Å². The predicted molar refractivity (Wildman–Crippen MR) is 95.4 cm³/mol. The zero-order valence-corrected chi connectivity index (χ0v) is 15.0. The molecule has 0 spiro atoms. The number of carbonyl (C=O) groups is 1. The second-order valence-corrected chi connectivity index (χ2v) is 5.86. The maximum absolute atomic E-state index is 13.1. The summed E-state index contributed by atoms with van der Waals surface area (Å²) >= 11 is 0. The van der Waals surface area contributed by atoms with E-state index in [4.69, 9.17) is 9.47 Å². The average molecular weight is 391 g/mol. The number of nitrogens with zero attached hydrogens (tertiary/aromatic N) is 1. The quantitative estimate of drug-likeness (QED) is 0.594. The number of hydrogen-bond acceptors (Lipinski definition) is 5. The summed E-state index contributed by atoms with van der Waals surface area (Å²) < 4.78 is 54.7. The van der Waals surface area contributed by atoms with E-state index in [0.29, 0.717) is 5.75 Å². The van der Waals surface area contributed by atoms with E-state index in [1.54, 1.807) is 31.4 Å². The minimum absolute atomic E-state index is 0.0560. The molecule has 0 unspecified atom stereocenters. The molecule has 0 saturated carbocycles. The van der Waals surface area contributed by atoms with Crippen LogP contribution < -0.4 is 9.47 Å². The Hall–Kier alpha value is -3.29. The van der Waals surface area contributed by atoms with Crippen molar-refractivity contribution in [3.05, 3.63) is 65.4 Å². The molecular formula is C20H16F3NO4. The number of pyridine rings is 1. The fraction of sp³-hybridized carbons (Fsp3) is 0.200. The normalized spacial score (nSPS) is 11.3. The van der Waals surface area contributed by atoms with Crippen molar-refractivity contribution >= 4 is 16.9 Å². The number of fused-ring (bicyclic) bond motifs is 1. The van der Waals surface area contributed by atoms with Crippen LogP contribution in [0.15, 0.2) is 48.5 Å². The van der Waals surface area contributed by atoms with Crippen molar-refractivity contribution < 1.29 is 32.2 Å². The van der Waals surface area contributed by atoms with Gasteiger partial charge in [-0.15, -0.1) is 0 Å². The largest absolute Gasteiger partial charge is 0.497 e. The second-order valence-electron chi connectivity index (χ2n) is 5.86. The smallest absolute Gasteiger partial charge is 0.416 e. The molecule has 2 aromatic carbocycles. The number of alkyl halides is 3. The zero-order chi connectivity index (χ0) is 20.3. The lowest BCUT2D eigenvalue weighted by molar-refractivity contribution is -0.137. The number of ether oxygens (including phenoxy) is 3. The number of halogens is 3. The molecule has 0 aliphatic carbocycles. The van der Waals surface area contributed by atoms with Crippen LogP contribution in [-0.2, 0) is 17.5 Å². The van der Waals surface area contributed by atoms with Gasteiger partial charge >= 0.3 is 12.1 Å². The Bertz CT molecular complexity index is 1000. The van der Waals surface area contributed by atoms with Gasteiger partial charge in [-0.25, -0.2) is 9.78 Å². The third-order valence-corrected chi connectivity index (χ3v) is 4.05. The van der Waals surface area contributed by atoms with Crippen molar-refractivity contribution in [2.24, 2.45) is 0 Å². The first-order chi connectivity index (χ1) is 13.3. The maximum atomic E-state index is 13.1. The summed E-state index contributed by atoms with van der Waals surface area (Å²) in [6.07, 6.45) is -4.51. The minimum atomic E-state index is -4.51. The van der Waals surface area contributed by atoms with Crippen molar-refractivity contribution in [2.45, 2.75) is 12.8 Å². The lowest BCUT2D eigenvalue weighted by atomic mass is 10.1. The minimum Gasteiger partial charge on any atom is -0.497 e. The highest BCUT2D eigenvalue weighted by Crippen LogP contribution is 2.34. The molecule has 28 heavy (non-hydrogen) atoms. The summed E-state index contributed by atoms with van der Waals surface area (Å²) in [5, 5.41) is 0.149. The van der Waals surface area contributed by atoms with Gasteiger partial charge in [0.2, 0.25) is 0 Å². The number of esters is 1. The van der Waals surface area contributed by atoms with Crippen LogP contribution in [0, 0.1) is 0 Å². The summed E-state index contributed by atoms with van der Waals surface area (Å²) in [5.41, 5.74) is 0.0828. The van der Waals surface area contributed by atoms with Crippen LogP contribution in [0.4, 0.5) is 13.2 Å². The molecule has 0 amide bonds. The average Bonchev–Trinajstić information content (AvgIpc) is 2.70. The van der Waals surface area contributed by atoms with E-state index >= 15 is 0 Å². The van der Waals surface area contributed by atoms with E-state index < -0.39 is 17.7 Å². The summed E-state index contributed by atoms with van der Waals surface area (Å²) in [7, 11) is 2.74. The topological polar surface area (TPSA) is 57.7 Å². The van der Waals surface area contributed by atoms with E-state index in [0.717, 1.165) is 17.7 Å². The second kappa shape index (κ2) is 7.75. The molecule has 5 nitrogen and oxygen atoms in total. The molecule has 1 heterocycles. The first-order valence-electron chi connectivity index (χ1n) is 8.18. The Morgan fingerprint density at radius 1 is 1.04 bits per heavy atom. The Labute approximate surface area is 158 Å². The number of aromatic nitrogens is 1. The van der Waals surface area contributed by atoms with Crippen LogP contribution in [0.1, 0.15) is 21.6 Å².